The van der Waals surface area contributed by atoms with Crippen LogP contribution in [0.3, 0.4) is 0 Å². The lowest BCUT2D eigenvalue weighted by atomic mass is 10.1. The summed E-state index contributed by atoms with van der Waals surface area (Å²) in [5, 5.41) is 2.93. The number of nitrogens with zero attached hydrogens (tertiary/aromatic N) is 1. The van der Waals surface area contributed by atoms with Crippen LogP contribution in [0.2, 0.25) is 0 Å². The first kappa shape index (κ1) is 20.0. The predicted octanol–water partition coefficient (Wildman–Crippen LogP) is 4.50. The van der Waals surface area contributed by atoms with E-state index in [-0.39, 0.29) is 5.91 Å². The van der Waals surface area contributed by atoms with Crippen molar-refractivity contribution in [3.8, 4) is 5.75 Å². The molecule has 2 aromatic carbocycles. The second-order valence-corrected chi connectivity index (χ2v) is 6.37. The highest BCUT2D eigenvalue weighted by Gasteiger charge is 2.16. The van der Waals surface area contributed by atoms with Gasteiger partial charge in [-0.1, -0.05) is 51.1 Å². The minimum atomic E-state index is -0.557. The minimum Gasteiger partial charge on any atom is -0.481 e. The third-order valence-electron chi connectivity index (χ3n) is 4.55. The van der Waals surface area contributed by atoms with Gasteiger partial charge in [0.1, 0.15) is 5.75 Å². The highest BCUT2D eigenvalue weighted by atomic mass is 16.5. The van der Waals surface area contributed by atoms with E-state index in [4.69, 9.17) is 4.74 Å². The number of benzene rings is 2. The third-order valence-corrected chi connectivity index (χ3v) is 4.55. The van der Waals surface area contributed by atoms with Crippen LogP contribution in [0.15, 0.2) is 48.5 Å². The molecular formula is C22H30N2O2. The molecule has 0 heterocycles. The number of para-hydroxylation sites is 1. The SMILES string of the molecule is CCc1ccccc1O[C@H](C)C(=O)Nc1ccc(CN(CC)CC)cc1. The summed E-state index contributed by atoms with van der Waals surface area (Å²) in [4.78, 5) is 14.8. The molecule has 0 fully saturated rings. The molecule has 2 aromatic rings. The van der Waals surface area contributed by atoms with Gasteiger partial charge in [0.2, 0.25) is 0 Å². The number of carbonyl (C=O) groups is 1. The normalized spacial score (nSPS) is 12.0. The molecule has 0 aromatic heterocycles. The summed E-state index contributed by atoms with van der Waals surface area (Å²) in [5.41, 5.74) is 3.14. The first-order valence-corrected chi connectivity index (χ1v) is 9.44. The van der Waals surface area contributed by atoms with Gasteiger partial charge in [-0.2, -0.15) is 0 Å². The molecule has 140 valence electrons. The molecule has 0 aliphatic heterocycles. The summed E-state index contributed by atoms with van der Waals surface area (Å²) < 4.78 is 5.86. The lowest BCUT2D eigenvalue weighted by Crippen LogP contribution is -2.30. The first-order chi connectivity index (χ1) is 12.6. The number of hydrogen-bond donors (Lipinski definition) is 1. The molecule has 0 saturated heterocycles. The smallest absolute Gasteiger partial charge is 0.265 e. The Labute approximate surface area is 157 Å². The standard InChI is InChI=1S/C22H30N2O2/c1-5-19-10-8-9-11-21(19)26-17(4)22(25)23-20-14-12-18(13-15-20)16-24(6-2)7-3/h8-15,17H,5-7,16H2,1-4H3,(H,23,25)/t17-/m1/s1. The second kappa shape index (κ2) is 9.97. The van der Waals surface area contributed by atoms with Gasteiger partial charge in [-0.25, -0.2) is 0 Å². The van der Waals surface area contributed by atoms with Crippen LogP contribution in [0.1, 0.15) is 38.8 Å². The average molecular weight is 354 g/mol. The Kier molecular flexibility index (Phi) is 7.67. The van der Waals surface area contributed by atoms with E-state index in [9.17, 15) is 4.79 Å². The number of rotatable bonds is 9. The fourth-order valence-corrected chi connectivity index (χ4v) is 2.80. The lowest BCUT2D eigenvalue weighted by Gasteiger charge is -2.19. The number of hydrogen-bond acceptors (Lipinski definition) is 3. The van der Waals surface area contributed by atoms with Crippen molar-refractivity contribution in [2.24, 2.45) is 0 Å². The monoisotopic (exact) mass is 354 g/mol. The Morgan fingerprint density at radius 2 is 1.69 bits per heavy atom. The zero-order chi connectivity index (χ0) is 18.9. The predicted molar refractivity (Wildman–Crippen MR) is 108 cm³/mol. The van der Waals surface area contributed by atoms with Gasteiger partial charge in [-0.05, 0) is 55.8 Å². The van der Waals surface area contributed by atoms with Crippen LogP contribution < -0.4 is 10.1 Å². The molecule has 1 amide bonds. The molecule has 0 aliphatic carbocycles. The summed E-state index contributed by atoms with van der Waals surface area (Å²) in [7, 11) is 0. The van der Waals surface area contributed by atoms with E-state index in [0.29, 0.717) is 0 Å². The van der Waals surface area contributed by atoms with E-state index in [1.807, 2.05) is 36.4 Å². The van der Waals surface area contributed by atoms with E-state index in [0.717, 1.165) is 43.1 Å². The topological polar surface area (TPSA) is 41.6 Å². The molecule has 4 nitrogen and oxygen atoms in total. The fourth-order valence-electron chi connectivity index (χ4n) is 2.80. The van der Waals surface area contributed by atoms with Crippen LogP contribution in [-0.2, 0) is 17.8 Å². The van der Waals surface area contributed by atoms with E-state index in [1.165, 1.54) is 5.56 Å². The van der Waals surface area contributed by atoms with Gasteiger partial charge < -0.3 is 10.1 Å². The lowest BCUT2D eigenvalue weighted by molar-refractivity contribution is -0.122. The number of anilines is 1. The summed E-state index contributed by atoms with van der Waals surface area (Å²) >= 11 is 0. The summed E-state index contributed by atoms with van der Waals surface area (Å²) in [6.45, 7) is 11.2. The number of ether oxygens (including phenoxy) is 1. The Balaban J connectivity index is 1.94. The summed E-state index contributed by atoms with van der Waals surface area (Å²) in [6.07, 6.45) is 0.316. The van der Waals surface area contributed by atoms with Crippen LogP contribution in [-0.4, -0.2) is 30.0 Å². The van der Waals surface area contributed by atoms with Crippen molar-refractivity contribution >= 4 is 11.6 Å². The maximum Gasteiger partial charge on any atom is 0.265 e. The van der Waals surface area contributed by atoms with E-state index < -0.39 is 6.10 Å². The zero-order valence-electron chi connectivity index (χ0n) is 16.3. The Hall–Kier alpha value is -2.33. The Morgan fingerprint density at radius 3 is 2.31 bits per heavy atom. The van der Waals surface area contributed by atoms with Crippen molar-refractivity contribution in [3.63, 3.8) is 0 Å². The molecule has 1 atom stereocenters. The van der Waals surface area contributed by atoms with Crippen LogP contribution in [0, 0.1) is 0 Å². The summed E-state index contributed by atoms with van der Waals surface area (Å²) in [5.74, 6) is 0.625. The highest BCUT2D eigenvalue weighted by molar-refractivity contribution is 5.94. The third kappa shape index (κ3) is 5.60. The minimum absolute atomic E-state index is 0.146. The number of carbonyl (C=O) groups excluding carboxylic acids is 1. The van der Waals surface area contributed by atoms with Gasteiger partial charge in [-0.3, -0.25) is 9.69 Å². The fraction of sp³-hybridized carbons (Fsp3) is 0.409. The zero-order valence-corrected chi connectivity index (χ0v) is 16.3. The van der Waals surface area contributed by atoms with Crippen molar-refractivity contribution in [3.05, 3.63) is 59.7 Å². The van der Waals surface area contributed by atoms with Gasteiger partial charge in [-0.15, -0.1) is 0 Å². The van der Waals surface area contributed by atoms with Gasteiger partial charge in [0.25, 0.3) is 5.91 Å². The van der Waals surface area contributed by atoms with Gasteiger partial charge >= 0.3 is 0 Å². The Morgan fingerprint density at radius 1 is 1.04 bits per heavy atom. The molecule has 1 N–H and O–H groups in total. The van der Waals surface area contributed by atoms with E-state index >= 15 is 0 Å². The molecule has 0 bridgehead atoms. The van der Waals surface area contributed by atoms with Crippen molar-refractivity contribution < 1.29 is 9.53 Å². The average Bonchev–Trinajstić information content (AvgIpc) is 2.67. The van der Waals surface area contributed by atoms with E-state index in [1.54, 1.807) is 6.92 Å². The molecular weight excluding hydrogens is 324 g/mol. The molecule has 0 aliphatic rings. The van der Waals surface area contributed by atoms with Crippen molar-refractivity contribution in [1.82, 2.24) is 4.90 Å². The number of nitrogens with one attached hydrogen (secondary N) is 1. The highest BCUT2D eigenvalue weighted by Crippen LogP contribution is 2.20. The first-order valence-electron chi connectivity index (χ1n) is 9.44. The summed E-state index contributed by atoms with van der Waals surface area (Å²) in [6, 6.07) is 15.9. The molecule has 4 heteroatoms. The number of amides is 1. The van der Waals surface area contributed by atoms with E-state index in [2.05, 4.69) is 43.1 Å². The molecule has 0 saturated carbocycles. The molecule has 0 radical (unpaired) electrons. The van der Waals surface area contributed by atoms with Crippen LogP contribution in [0.4, 0.5) is 5.69 Å². The quantitative estimate of drug-likeness (QED) is 0.721. The van der Waals surface area contributed by atoms with Crippen molar-refractivity contribution in [2.75, 3.05) is 18.4 Å². The number of aryl methyl sites for hydroxylation is 1. The van der Waals surface area contributed by atoms with Crippen molar-refractivity contribution in [2.45, 2.75) is 46.8 Å². The van der Waals surface area contributed by atoms with Crippen LogP contribution in [0.25, 0.3) is 0 Å². The van der Waals surface area contributed by atoms with Crippen LogP contribution >= 0.6 is 0 Å². The molecule has 0 unspecified atom stereocenters. The second-order valence-electron chi connectivity index (χ2n) is 6.37. The van der Waals surface area contributed by atoms with Crippen LogP contribution in [0.5, 0.6) is 5.75 Å². The molecule has 2 rings (SSSR count). The van der Waals surface area contributed by atoms with Gasteiger partial charge in [0.05, 0.1) is 0 Å². The largest absolute Gasteiger partial charge is 0.481 e. The van der Waals surface area contributed by atoms with Gasteiger partial charge in [0, 0.05) is 12.2 Å². The van der Waals surface area contributed by atoms with Gasteiger partial charge in [0.15, 0.2) is 6.10 Å². The molecule has 26 heavy (non-hydrogen) atoms. The Bertz CT molecular complexity index is 694. The van der Waals surface area contributed by atoms with Crippen molar-refractivity contribution in [1.29, 1.82) is 0 Å². The molecule has 0 spiro atoms. The maximum atomic E-state index is 12.4. The maximum absolute atomic E-state index is 12.4.